The molecule has 0 bridgehead atoms. The number of aliphatic imine (C=N–C) groups is 1. The Balaban J connectivity index is 1.57. The summed E-state index contributed by atoms with van der Waals surface area (Å²) < 4.78 is 13.1. The van der Waals surface area contributed by atoms with Crippen molar-refractivity contribution in [2.24, 2.45) is 4.99 Å². The summed E-state index contributed by atoms with van der Waals surface area (Å²) in [5, 5.41) is 2.65. The predicted octanol–water partition coefficient (Wildman–Crippen LogP) is 5.00. The number of amidine groups is 1. The topological polar surface area (TPSA) is 74.7 Å². The van der Waals surface area contributed by atoms with E-state index in [0.29, 0.717) is 10.9 Å². The maximum absolute atomic E-state index is 13.3. The first kappa shape index (κ1) is 22.7. The van der Waals surface area contributed by atoms with Crippen LogP contribution in [0.3, 0.4) is 0 Å². The van der Waals surface area contributed by atoms with E-state index >= 15 is 0 Å². The van der Waals surface area contributed by atoms with Crippen molar-refractivity contribution in [3.63, 3.8) is 0 Å². The fourth-order valence-corrected chi connectivity index (χ4v) is 4.53. The van der Waals surface area contributed by atoms with E-state index in [1.807, 2.05) is 50.2 Å². The summed E-state index contributed by atoms with van der Waals surface area (Å²) in [6.07, 6.45) is 1.66. The van der Waals surface area contributed by atoms with Crippen LogP contribution < -0.4 is 5.32 Å². The minimum atomic E-state index is -0.613. The quantitative estimate of drug-likeness (QED) is 0.560. The summed E-state index contributed by atoms with van der Waals surface area (Å²) in [7, 11) is 0. The van der Waals surface area contributed by atoms with Gasteiger partial charge in [0.2, 0.25) is 11.8 Å². The Kier molecular flexibility index (Phi) is 6.84. The van der Waals surface area contributed by atoms with Crippen molar-refractivity contribution in [3.05, 3.63) is 89.5 Å². The summed E-state index contributed by atoms with van der Waals surface area (Å²) in [6, 6.07) is 17.0. The number of thioether (sulfide) groups is 1. The third-order valence-electron chi connectivity index (χ3n) is 5.15. The first-order valence-electron chi connectivity index (χ1n) is 10.5. The lowest BCUT2D eigenvalue weighted by atomic mass is 10.1. The van der Waals surface area contributed by atoms with Gasteiger partial charge in [-0.25, -0.2) is 9.38 Å². The Morgan fingerprint density at radius 2 is 1.94 bits per heavy atom. The molecule has 1 aliphatic rings. The highest BCUT2D eigenvalue weighted by Crippen LogP contribution is 2.34. The molecule has 1 fully saturated rings. The van der Waals surface area contributed by atoms with Gasteiger partial charge in [-0.2, -0.15) is 0 Å². The summed E-state index contributed by atoms with van der Waals surface area (Å²) in [4.78, 5) is 36.5. The molecule has 1 saturated heterocycles. The summed E-state index contributed by atoms with van der Waals surface area (Å²) >= 11 is 1.27. The standard InChI is InChI=1S/C25H23FN4O2S/c1-16-6-7-17(2)21(13-16)29-25-30(15-20-5-3-4-12-27-20)24(32)22(33-25)14-23(31)28-19-10-8-18(26)9-11-19/h3-13,22H,14-15H2,1-2H3,(H,28,31). The third kappa shape index (κ3) is 5.64. The summed E-state index contributed by atoms with van der Waals surface area (Å²) in [5.41, 5.74) is 4.06. The molecule has 0 aliphatic carbocycles. The van der Waals surface area contributed by atoms with Crippen LogP contribution in [0.2, 0.25) is 0 Å². The van der Waals surface area contributed by atoms with Crippen LogP contribution in [-0.4, -0.2) is 32.1 Å². The molecule has 6 nitrogen and oxygen atoms in total. The number of aromatic nitrogens is 1. The molecule has 1 aromatic heterocycles. The SMILES string of the molecule is Cc1ccc(C)c(N=C2SC(CC(=O)Nc3ccc(F)cc3)C(=O)N2Cc2ccccn2)c1. The number of nitrogens with one attached hydrogen (secondary N) is 1. The molecule has 2 aromatic carbocycles. The van der Waals surface area contributed by atoms with Gasteiger partial charge in [0.1, 0.15) is 11.1 Å². The van der Waals surface area contributed by atoms with Gasteiger partial charge in [-0.1, -0.05) is 30.0 Å². The number of anilines is 1. The van der Waals surface area contributed by atoms with Crippen LogP contribution in [-0.2, 0) is 16.1 Å². The molecular weight excluding hydrogens is 439 g/mol. The normalized spacial score (nSPS) is 16.9. The Labute approximate surface area is 195 Å². The van der Waals surface area contributed by atoms with Crippen molar-refractivity contribution in [2.75, 3.05) is 5.32 Å². The van der Waals surface area contributed by atoms with E-state index in [2.05, 4.69) is 10.3 Å². The zero-order chi connectivity index (χ0) is 23.4. The molecule has 4 rings (SSSR count). The van der Waals surface area contributed by atoms with E-state index in [1.165, 1.54) is 36.0 Å². The van der Waals surface area contributed by atoms with Gasteiger partial charge in [-0.05, 0) is 67.4 Å². The van der Waals surface area contributed by atoms with Gasteiger partial charge >= 0.3 is 0 Å². The largest absolute Gasteiger partial charge is 0.326 e. The Hall–Kier alpha value is -3.52. The van der Waals surface area contributed by atoms with Crippen LogP contribution in [0.25, 0.3) is 0 Å². The molecule has 33 heavy (non-hydrogen) atoms. The number of benzene rings is 2. The maximum Gasteiger partial charge on any atom is 0.243 e. The van der Waals surface area contributed by atoms with Crippen molar-refractivity contribution in [3.8, 4) is 0 Å². The van der Waals surface area contributed by atoms with E-state index in [1.54, 1.807) is 11.1 Å². The lowest BCUT2D eigenvalue weighted by molar-refractivity contribution is -0.128. The van der Waals surface area contributed by atoms with E-state index in [-0.39, 0.29) is 30.6 Å². The Bertz CT molecular complexity index is 1200. The average molecular weight is 463 g/mol. The van der Waals surface area contributed by atoms with E-state index in [0.717, 1.165) is 22.5 Å². The maximum atomic E-state index is 13.3. The zero-order valence-corrected chi connectivity index (χ0v) is 19.1. The minimum absolute atomic E-state index is 0.0224. The lowest BCUT2D eigenvalue weighted by Crippen LogP contribution is -2.33. The summed E-state index contributed by atoms with van der Waals surface area (Å²) in [6.45, 7) is 4.23. The highest BCUT2D eigenvalue weighted by molar-refractivity contribution is 8.15. The zero-order valence-electron chi connectivity index (χ0n) is 18.3. The van der Waals surface area contributed by atoms with Crippen LogP contribution in [0.5, 0.6) is 0 Å². The highest BCUT2D eigenvalue weighted by Gasteiger charge is 2.39. The van der Waals surface area contributed by atoms with Gasteiger partial charge in [-0.15, -0.1) is 0 Å². The average Bonchev–Trinajstić information content (AvgIpc) is 3.07. The number of hydrogen-bond donors (Lipinski definition) is 1. The summed E-state index contributed by atoms with van der Waals surface area (Å²) in [5.74, 6) is -0.894. The van der Waals surface area contributed by atoms with Crippen molar-refractivity contribution >= 4 is 40.1 Å². The van der Waals surface area contributed by atoms with Gasteiger partial charge < -0.3 is 5.32 Å². The van der Waals surface area contributed by atoms with Crippen LogP contribution in [0.1, 0.15) is 23.2 Å². The van der Waals surface area contributed by atoms with Crippen LogP contribution in [0.15, 0.2) is 71.9 Å². The molecule has 1 atom stereocenters. The molecule has 1 N–H and O–H groups in total. The fraction of sp³-hybridized carbons (Fsp3) is 0.200. The van der Waals surface area contributed by atoms with Gasteiger partial charge in [0.15, 0.2) is 5.17 Å². The molecule has 1 unspecified atom stereocenters. The monoisotopic (exact) mass is 462 g/mol. The van der Waals surface area contributed by atoms with E-state index in [4.69, 9.17) is 4.99 Å². The van der Waals surface area contributed by atoms with E-state index < -0.39 is 5.25 Å². The highest BCUT2D eigenvalue weighted by atomic mass is 32.2. The molecule has 0 spiro atoms. The minimum Gasteiger partial charge on any atom is -0.326 e. The second-order valence-electron chi connectivity index (χ2n) is 7.80. The molecule has 168 valence electrons. The lowest BCUT2D eigenvalue weighted by Gasteiger charge is -2.16. The molecule has 0 saturated carbocycles. The molecule has 2 amide bonds. The molecule has 1 aliphatic heterocycles. The third-order valence-corrected chi connectivity index (χ3v) is 6.32. The smallest absolute Gasteiger partial charge is 0.243 e. The predicted molar refractivity (Wildman–Crippen MR) is 129 cm³/mol. The second kappa shape index (κ2) is 9.95. The van der Waals surface area contributed by atoms with Gasteiger partial charge in [0.25, 0.3) is 0 Å². The number of amides is 2. The number of aryl methyl sites for hydroxylation is 2. The van der Waals surface area contributed by atoms with Gasteiger partial charge in [0, 0.05) is 18.3 Å². The number of pyridine rings is 1. The number of carbonyl (C=O) groups is 2. The first-order chi connectivity index (χ1) is 15.9. The van der Waals surface area contributed by atoms with Gasteiger partial charge in [0.05, 0.1) is 17.9 Å². The number of rotatable bonds is 6. The van der Waals surface area contributed by atoms with Crippen molar-refractivity contribution in [1.82, 2.24) is 9.88 Å². The Morgan fingerprint density at radius 3 is 2.67 bits per heavy atom. The Morgan fingerprint density at radius 1 is 1.15 bits per heavy atom. The van der Waals surface area contributed by atoms with Crippen LogP contribution in [0, 0.1) is 19.7 Å². The molecule has 2 heterocycles. The molecule has 0 radical (unpaired) electrons. The number of nitrogens with zero attached hydrogens (tertiary/aromatic N) is 3. The fourth-order valence-electron chi connectivity index (χ4n) is 3.38. The van der Waals surface area contributed by atoms with Crippen molar-refractivity contribution in [2.45, 2.75) is 32.1 Å². The van der Waals surface area contributed by atoms with Crippen LogP contribution in [0.4, 0.5) is 15.8 Å². The number of carbonyl (C=O) groups excluding carboxylic acids is 2. The second-order valence-corrected chi connectivity index (χ2v) is 8.97. The van der Waals surface area contributed by atoms with Crippen molar-refractivity contribution in [1.29, 1.82) is 0 Å². The molecular formula is C25H23FN4O2S. The van der Waals surface area contributed by atoms with Crippen LogP contribution >= 0.6 is 11.8 Å². The number of halogens is 1. The van der Waals surface area contributed by atoms with E-state index in [9.17, 15) is 14.0 Å². The van der Waals surface area contributed by atoms with Gasteiger partial charge in [-0.3, -0.25) is 19.5 Å². The number of hydrogen-bond acceptors (Lipinski definition) is 5. The van der Waals surface area contributed by atoms with Crippen molar-refractivity contribution < 1.29 is 14.0 Å². The molecule has 3 aromatic rings. The first-order valence-corrected chi connectivity index (χ1v) is 11.4. The molecule has 8 heteroatoms.